The molecular formula is C15H23N5O2. The first-order valence-corrected chi connectivity index (χ1v) is 7.79. The standard InChI is InChI=1S/C15H23N5O2/c1-12-13(14(21)19-7-9-22-10-8-19)11-16-15(17-12)20-5-3-18(2)4-6-20/h11H,3-10H2,1-2H3. The van der Waals surface area contributed by atoms with E-state index in [1.165, 1.54) is 0 Å². The molecule has 7 heteroatoms. The number of hydrogen-bond donors (Lipinski definition) is 0. The summed E-state index contributed by atoms with van der Waals surface area (Å²) >= 11 is 0. The number of hydrogen-bond acceptors (Lipinski definition) is 6. The average molecular weight is 305 g/mol. The van der Waals surface area contributed by atoms with Crippen molar-refractivity contribution < 1.29 is 9.53 Å². The number of piperazine rings is 1. The predicted molar refractivity (Wildman–Crippen MR) is 83.2 cm³/mol. The van der Waals surface area contributed by atoms with E-state index < -0.39 is 0 Å². The van der Waals surface area contributed by atoms with E-state index in [1.54, 1.807) is 6.20 Å². The van der Waals surface area contributed by atoms with E-state index in [-0.39, 0.29) is 5.91 Å². The van der Waals surface area contributed by atoms with Crippen LogP contribution in [-0.2, 0) is 4.74 Å². The Bertz CT molecular complexity index is 537. The van der Waals surface area contributed by atoms with Gasteiger partial charge in [0, 0.05) is 45.5 Å². The second-order valence-electron chi connectivity index (χ2n) is 5.86. The van der Waals surface area contributed by atoms with Crippen molar-refractivity contribution >= 4 is 11.9 Å². The van der Waals surface area contributed by atoms with Crippen molar-refractivity contribution in [2.24, 2.45) is 0 Å². The second kappa shape index (κ2) is 6.58. The van der Waals surface area contributed by atoms with Crippen LogP contribution in [0.5, 0.6) is 0 Å². The molecule has 1 aromatic heterocycles. The lowest BCUT2D eigenvalue weighted by Gasteiger charge is -2.32. The normalized spacial score (nSPS) is 20.3. The smallest absolute Gasteiger partial charge is 0.257 e. The maximum atomic E-state index is 12.5. The number of amides is 1. The van der Waals surface area contributed by atoms with Gasteiger partial charge >= 0.3 is 0 Å². The van der Waals surface area contributed by atoms with E-state index in [1.807, 2.05) is 11.8 Å². The summed E-state index contributed by atoms with van der Waals surface area (Å²) in [7, 11) is 2.12. The van der Waals surface area contributed by atoms with Crippen LogP contribution in [0.3, 0.4) is 0 Å². The van der Waals surface area contributed by atoms with Crippen molar-refractivity contribution in [1.29, 1.82) is 0 Å². The Morgan fingerprint density at radius 3 is 2.45 bits per heavy atom. The van der Waals surface area contributed by atoms with Crippen molar-refractivity contribution in [3.8, 4) is 0 Å². The lowest BCUT2D eigenvalue weighted by Crippen LogP contribution is -2.45. The third-order valence-electron chi connectivity index (χ3n) is 4.28. The zero-order valence-corrected chi connectivity index (χ0v) is 13.3. The molecule has 1 amide bonds. The van der Waals surface area contributed by atoms with Gasteiger partial charge in [0.1, 0.15) is 0 Å². The highest BCUT2D eigenvalue weighted by Crippen LogP contribution is 2.15. The van der Waals surface area contributed by atoms with Gasteiger partial charge in [0.25, 0.3) is 5.91 Å². The number of aromatic nitrogens is 2. The van der Waals surface area contributed by atoms with Crippen LogP contribution in [-0.4, -0.2) is 85.2 Å². The molecule has 0 atom stereocenters. The van der Waals surface area contributed by atoms with Gasteiger partial charge in [-0.05, 0) is 14.0 Å². The molecule has 3 rings (SSSR count). The zero-order valence-electron chi connectivity index (χ0n) is 13.3. The van der Waals surface area contributed by atoms with Gasteiger partial charge in [-0.25, -0.2) is 9.97 Å². The van der Waals surface area contributed by atoms with Gasteiger partial charge in [-0.15, -0.1) is 0 Å². The number of nitrogens with zero attached hydrogens (tertiary/aromatic N) is 5. The molecule has 0 unspecified atom stereocenters. The van der Waals surface area contributed by atoms with Crippen LogP contribution in [0, 0.1) is 6.92 Å². The van der Waals surface area contributed by atoms with E-state index in [2.05, 4.69) is 26.8 Å². The van der Waals surface area contributed by atoms with Crippen molar-refractivity contribution in [2.45, 2.75) is 6.92 Å². The fraction of sp³-hybridized carbons (Fsp3) is 0.667. The molecule has 2 fully saturated rings. The summed E-state index contributed by atoms with van der Waals surface area (Å²) in [6, 6.07) is 0. The van der Waals surface area contributed by atoms with Crippen LogP contribution < -0.4 is 4.90 Å². The number of aryl methyl sites for hydroxylation is 1. The molecule has 7 nitrogen and oxygen atoms in total. The summed E-state index contributed by atoms with van der Waals surface area (Å²) in [5.41, 5.74) is 1.35. The topological polar surface area (TPSA) is 61.8 Å². The SMILES string of the molecule is Cc1nc(N2CCN(C)CC2)ncc1C(=O)N1CCOCC1. The number of likely N-dealkylation sites (N-methyl/N-ethyl adjacent to an activating group) is 1. The monoisotopic (exact) mass is 305 g/mol. The summed E-state index contributed by atoms with van der Waals surface area (Å²) in [5.74, 6) is 0.731. The van der Waals surface area contributed by atoms with Crippen molar-refractivity contribution in [3.63, 3.8) is 0 Å². The van der Waals surface area contributed by atoms with E-state index in [0.717, 1.165) is 37.8 Å². The molecule has 0 N–H and O–H groups in total. The largest absolute Gasteiger partial charge is 0.378 e. The van der Waals surface area contributed by atoms with Gasteiger partial charge in [-0.2, -0.15) is 0 Å². The molecule has 0 aromatic carbocycles. The van der Waals surface area contributed by atoms with Gasteiger partial charge in [0.2, 0.25) is 5.95 Å². The quantitative estimate of drug-likeness (QED) is 0.767. The Morgan fingerprint density at radius 2 is 1.82 bits per heavy atom. The Balaban J connectivity index is 1.73. The predicted octanol–water partition coefficient (Wildman–Crippen LogP) is 0.00922. The maximum Gasteiger partial charge on any atom is 0.257 e. The second-order valence-corrected chi connectivity index (χ2v) is 5.86. The molecule has 1 aromatic rings. The van der Waals surface area contributed by atoms with E-state index >= 15 is 0 Å². The van der Waals surface area contributed by atoms with Gasteiger partial charge in [0.15, 0.2) is 0 Å². The zero-order chi connectivity index (χ0) is 15.5. The molecular weight excluding hydrogens is 282 g/mol. The van der Waals surface area contributed by atoms with Crippen molar-refractivity contribution in [3.05, 3.63) is 17.5 Å². The number of morpholine rings is 1. The summed E-state index contributed by atoms with van der Waals surface area (Å²) in [6.45, 7) is 8.23. The van der Waals surface area contributed by atoms with E-state index in [0.29, 0.717) is 31.9 Å². The van der Waals surface area contributed by atoms with Crippen LogP contribution in [0.1, 0.15) is 16.1 Å². The maximum absolute atomic E-state index is 12.5. The summed E-state index contributed by atoms with van der Waals surface area (Å²) in [5, 5.41) is 0. The Kier molecular flexibility index (Phi) is 4.54. The van der Waals surface area contributed by atoms with Crippen molar-refractivity contribution in [1.82, 2.24) is 19.8 Å². The van der Waals surface area contributed by atoms with Gasteiger partial charge in [0.05, 0.1) is 24.5 Å². The van der Waals surface area contributed by atoms with Gasteiger partial charge in [-0.1, -0.05) is 0 Å². The van der Waals surface area contributed by atoms with Crippen molar-refractivity contribution in [2.75, 3.05) is 64.4 Å². The molecule has 2 aliphatic heterocycles. The lowest BCUT2D eigenvalue weighted by atomic mass is 10.2. The highest BCUT2D eigenvalue weighted by Gasteiger charge is 2.23. The molecule has 0 saturated carbocycles. The molecule has 0 radical (unpaired) electrons. The van der Waals surface area contributed by atoms with Crippen LogP contribution in [0.4, 0.5) is 5.95 Å². The molecule has 0 spiro atoms. The molecule has 2 aliphatic rings. The highest BCUT2D eigenvalue weighted by atomic mass is 16.5. The summed E-state index contributed by atoms with van der Waals surface area (Å²) in [6.07, 6.45) is 1.67. The van der Waals surface area contributed by atoms with Crippen LogP contribution in [0.25, 0.3) is 0 Å². The Hall–Kier alpha value is -1.73. The minimum Gasteiger partial charge on any atom is -0.378 e. The number of ether oxygens (including phenoxy) is 1. The third kappa shape index (κ3) is 3.20. The first-order valence-electron chi connectivity index (χ1n) is 7.79. The Labute approximate surface area is 130 Å². The number of carbonyl (C=O) groups excluding carboxylic acids is 1. The minimum atomic E-state index is 0.00530. The number of anilines is 1. The summed E-state index contributed by atoms with van der Waals surface area (Å²) < 4.78 is 5.29. The highest BCUT2D eigenvalue weighted by molar-refractivity contribution is 5.95. The molecule has 0 aliphatic carbocycles. The third-order valence-corrected chi connectivity index (χ3v) is 4.28. The molecule has 22 heavy (non-hydrogen) atoms. The van der Waals surface area contributed by atoms with Crippen LogP contribution >= 0.6 is 0 Å². The fourth-order valence-corrected chi connectivity index (χ4v) is 2.76. The van der Waals surface area contributed by atoms with Crippen LogP contribution in [0.2, 0.25) is 0 Å². The average Bonchev–Trinajstić information content (AvgIpc) is 2.56. The first kappa shape index (κ1) is 15.2. The van der Waals surface area contributed by atoms with Gasteiger partial charge in [-0.3, -0.25) is 4.79 Å². The molecule has 0 bridgehead atoms. The minimum absolute atomic E-state index is 0.00530. The van der Waals surface area contributed by atoms with Crippen LogP contribution in [0.15, 0.2) is 6.20 Å². The van der Waals surface area contributed by atoms with E-state index in [4.69, 9.17) is 4.74 Å². The summed E-state index contributed by atoms with van der Waals surface area (Å²) in [4.78, 5) is 27.8. The molecule has 120 valence electrons. The van der Waals surface area contributed by atoms with E-state index in [9.17, 15) is 4.79 Å². The molecule has 3 heterocycles. The van der Waals surface area contributed by atoms with Gasteiger partial charge < -0.3 is 19.4 Å². The lowest BCUT2D eigenvalue weighted by molar-refractivity contribution is 0.0302. The fourth-order valence-electron chi connectivity index (χ4n) is 2.76. The Morgan fingerprint density at radius 1 is 1.14 bits per heavy atom. The number of carbonyl (C=O) groups is 1. The molecule has 2 saturated heterocycles. The first-order chi connectivity index (χ1) is 10.6. The number of rotatable bonds is 2.